The summed E-state index contributed by atoms with van der Waals surface area (Å²) in [5.41, 5.74) is 6.74. The summed E-state index contributed by atoms with van der Waals surface area (Å²) in [5, 5.41) is 0.329. The molecule has 0 saturated heterocycles. The van der Waals surface area contributed by atoms with E-state index in [1.807, 2.05) is 18.2 Å². The SMILES string of the molecule is CC(C)(C)c1cccc(Oc2nc(N)ncc2Cl)c1. The number of aromatic nitrogens is 2. The predicted molar refractivity (Wildman–Crippen MR) is 76.7 cm³/mol. The highest BCUT2D eigenvalue weighted by molar-refractivity contribution is 6.31. The number of ether oxygens (including phenoxy) is 1. The van der Waals surface area contributed by atoms with Gasteiger partial charge in [-0.1, -0.05) is 44.5 Å². The Balaban J connectivity index is 2.31. The van der Waals surface area contributed by atoms with Gasteiger partial charge in [0.1, 0.15) is 10.8 Å². The molecule has 0 aliphatic heterocycles. The molecule has 0 unspecified atom stereocenters. The molecule has 4 nitrogen and oxygen atoms in total. The Kier molecular flexibility index (Phi) is 3.62. The van der Waals surface area contributed by atoms with Crippen LogP contribution in [0.3, 0.4) is 0 Å². The van der Waals surface area contributed by atoms with Crippen molar-refractivity contribution in [2.24, 2.45) is 0 Å². The second-order valence-electron chi connectivity index (χ2n) is 5.26. The van der Waals surface area contributed by atoms with Gasteiger partial charge in [-0.3, -0.25) is 0 Å². The van der Waals surface area contributed by atoms with E-state index in [9.17, 15) is 0 Å². The second kappa shape index (κ2) is 5.05. The van der Waals surface area contributed by atoms with E-state index in [0.717, 1.165) is 0 Å². The summed E-state index contributed by atoms with van der Waals surface area (Å²) >= 11 is 5.97. The lowest BCUT2D eigenvalue weighted by Crippen LogP contribution is -2.10. The number of hydrogen-bond donors (Lipinski definition) is 1. The Morgan fingerprint density at radius 2 is 2.00 bits per heavy atom. The van der Waals surface area contributed by atoms with Crippen molar-refractivity contribution in [2.45, 2.75) is 26.2 Å². The van der Waals surface area contributed by atoms with Gasteiger partial charge in [-0.05, 0) is 23.1 Å². The lowest BCUT2D eigenvalue weighted by molar-refractivity contribution is 0.459. The third-order valence-corrected chi connectivity index (χ3v) is 2.90. The van der Waals surface area contributed by atoms with Crippen molar-refractivity contribution in [1.29, 1.82) is 0 Å². The van der Waals surface area contributed by atoms with Crippen LogP contribution in [-0.4, -0.2) is 9.97 Å². The van der Waals surface area contributed by atoms with E-state index in [0.29, 0.717) is 10.8 Å². The molecule has 0 fully saturated rings. The van der Waals surface area contributed by atoms with E-state index < -0.39 is 0 Å². The summed E-state index contributed by atoms with van der Waals surface area (Å²) in [6.45, 7) is 6.42. The summed E-state index contributed by atoms with van der Waals surface area (Å²) in [6.07, 6.45) is 1.42. The van der Waals surface area contributed by atoms with Gasteiger partial charge in [0.25, 0.3) is 0 Å². The summed E-state index contributed by atoms with van der Waals surface area (Å²) in [4.78, 5) is 7.76. The van der Waals surface area contributed by atoms with Gasteiger partial charge in [0.2, 0.25) is 11.8 Å². The first-order valence-corrected chi connectivity index (χ1v) is 6.30. The molecule has 1 aromatic heterocycles. The van der Waals surface area contributed by atoms with Gasteiger partial charge in [0.15, 0.2) is 0 Å². The standard InChI is InChI=1S/C14H16ClN3O/c1-14(2,3)9-5-4-6-10(7-9)19-12-11(15)8-17-13(16)18-12/h4-8H,1-3H3,(H2,16,17,18). The summed E-state index contributed by atoms with van der Waals surface area (Å²) < 4.78 is 5.66. The van der Waals surface area contributed by atoms with Crippen molar-refractivity contribution in [3.8, 4) is 11.6 Å². The van der Waals surface area contributed by atoms with Crippen molar-refractivity contribution in [3.05, 3.63) is 41.0 Å². The molecule has 2 rings (SSSR count). The van der Waals surface area contributed by atoms with Crippen LogP contribution in [0.1, 0.15) is 26.3 Å². The van der Waals surface area contributed by atoms with Gasteiger partial charge in [-0.15, -0.1) is 0 Å². The monoisotopic (exact) mass is 277 g/mol. The lowest BCUT2D eigenvalue weighted by atomic mass is 9.87. The van der Waals surface area contributed by atoms with Crippen LogP contribution in [0, 0.1) is 0 Å². The number of hydrogen-bond acceptors (Lipinski definition) is 4. The highest BCUT2D eigenvalue weighted by Gasteiger charge is 2.15. The zero-order valence-corrected chi connectivity index (χ0v) is 11.9. The van der Waals surface area contributed by atoms with Crippen LogP contribution >= 0.6 is 11.6 Å². The van der Waals surface area contributed by atoms with Gasteiger partial charge >= 0.3 is 0 Å². The van der Waals surface area contributed by atoms with Gasteiger partial charge in [-0.2, -0.15) is 4.98 Å². The molecule has 0 radical (unpaired) electrons. The fraction of sp³-hybridized carbons (Fsp3) is 0.286. The lowest BCUT2D eigenvalue weighted by Gasteiger charge is -2.19. The third-order valence-electron chi connectivity index (χ3n) is 2.65. The first-order valence-electron chi connectivity index (χ1n) is 5.92. The molecule has 0 atom stereocenters. The van der Waals surface area contributed by atoms with Crippen molar-refractivity contribution < 1.29 is 4.74 Å². The average molecular weight is 278 g/mol. The molecule has 2 aromatic rings. The number of rotatable bonds is 2. The Labute approximate surface area is 117 Å². The molecule has 0 aliphatic rings. The molecule has 5 heteroatoms. The van der Waals surface area contributed by atoms with E-state index in [-0.39, 0.29) is 17.2 Å². The first kappa shape index (κ1) is 13.6. The van der Waals surface area contributed by atoms with Crippen molar-refractivity contribution in [2.75, 3.05) is 5.73 Å². The number of nitrogen functional groups attached to an aromatic ring is 1. The average Bonchev–Trinajstić information content (AvgIpc) is 2.33. The maximum absolute atomic E-state index is 5.97. The molecule has 0 amide bonds. The number of halogens is 1. The van der Waals surface area contributed by atoms with Crippen LogP contribution in [0.25, 0.3) is 0 Å². The Bertz CT molecular complexity index is 593. The third kappa shape index (κ3) is 3.35. The molecule has 1 aromatic carbocycles. The minimum atomic E-state index is 0.0495. The maximum Gasteiger partial charge on any atom is 0.243 e. The Morgan fingerprint density at radius 1 is 1.26 bits per heavy atom. The van der Waals surface area contributed by atoms with Gasteiger partial charge in [0, 0.05) is 0 Å². The van der Waals surface area contributed by atoms with E-state index >= 15 is 0 Å². The zero-order chi connectivity index (χ0) is 14.0. The Morgan fingerprint density at radius 3 is 2.68 bits per heavy atom. The van der Waals surface area contributed by atoms with E-state index in [4.69, 9.17) is 22.1 Å². The molecule has 2 N–H and O–H groups in total. The smallest absolute Gasteiger partial charge is 0.243 e. The molecular weight excluding hydrogens is 262 g/mol. The van der Waals surface area contributed by atoms with Crippen LogP contribution in [0.5, 0.6) is 11.6 Å². The predicted octanol–water partition coefficient (Wildman–Crippen LogP) is 3.80. The van der Waals surface area contributed by atoms with Gasteiger partial charge in [-0.25, -0.2) is 4.98 Å². The van der Waals surface area contributed by atoms with Crippen LogP contribution in [0.4, 0.5) is 5.95 Å². The largest absolute Gasteiger partial charge is 0.437 e. The number of anilines is 1. The highest BCUT2D eigenvalue weighted by atomic mass is 35.5. The van der Waals surface area contributed by atoms with E-state index in [1.165, 1.54) is 11.8 Å². The second-order valence-corrected chi connectivity index (χ2v) is 5.67. The molecule has 1 heterocycles. The zero-order valence-electron chi connectivity index (χ0n) is 11.1. The minimum absolute atomic E-state index is 0.0495. The molecule has 0 aliphatic carbocycles. The van der Waals surface area contributed by atoms with Crippen molar-refractivity contribution >= 4 is 17.5 Å². The van der Waals surface area contributed by atoms with Crippen LogP contribution in [-0.2, 0) is 5.41 Å². The summed E-state index contributed by atoms with van der Waals surface area (Å²) in [5.74, 6) is 1.07. The number of nitrogens with two attached hydrogens (primary N) is 1. The van der Waals surface area contributed by atoms with Crippen molar-refractivity contribution in [3.63, 3.8) is 0 Å². The first-order chi connectivity index (χ1) is 8.86. The maximum atomic E-state index is 5.97. The fourth-order valence-electron chi connectivity index (χ4n) is 1.57. The molecule has 0 bridgehead atoms. The number of nitrogens with zero attached hydrogens (tertiary/aromatic N) is 2. The summed E-state index contributed by atoms with van der Waals surface area (Å²) in [6, 6.07) is 7.82. The van der Waals surface area contributed by atoms with E-state index in [1.54, 1.807) is 0 Å². The normalized spacial score (nSPS) is 11.4. The fourth-order valence-corrected chi connectivity index (χ4v) is 1.70. The van der Waals surface area contributed by atoms with Gasteiger partial charge in [0.05, 0.1) is 6.20 Å². The molecule has 0 saturated carbocycles. The van der Waals surface area contributed by atoms with E-state index in [2.05, 4.69) is 36.8 Å². The Hall–Kier alpha value is -1.81. The van der Waals surface area contributed by atoms with Crippen molar-refractivity contribution in [1.82, 2.24) is 9.97 Å². The van der Waals surface area contributed by atoms with Crippen LogP contribution in [0.15, 0.2) is 30.5 Å². The van der Waals surface area contributed by atoms with Crippen LogP contribution in [0.2, 0.25) is 5.02 Å². The van der Waals surface area contributed by atoms with Gasteiger partial charge < -0.3 is 10.5 Å². The summed E-state index contributed by atoms with van der Waals surface area (Å²) in [7, 11) is 0. The highest BCUT2D eigenvalue weighted by Crippen LogP contribution is 2.30. The number of benzene rings is 1. The molecule has 19 heavy (non-hydrogen) atoms. The minimum Gasteiger partial charge on any atom is -0.437 e. The topological polar surface area (TPSA) is 61.0 Å². The quantitative estimate of drug-likeness (QED) is 0.907. The molecule has 0 spiro atoms. The van der Waals surface area contributed by atoms with Crippen LogP contribution < -0.4 is 10.5 Å². The molecular formula is C14H16ClN3O. The molecule has 100 valence electrons.